The largest absolute Gasteiger partial charge is 0.271 e. The minimum absolute atomic E-state index is 0.0810. The second kappa shape index (κ2) is 6.50. The monoisotopic (exact) mass is 316 g/mol. The fourth-order valence-corrected chi connectivity index (χ4v) is 3.36. The molecule has 0 bridgehead atoms. The summed E-state index contributed by atoms with van der Waals surface area (Å²) >= 11 is 0. The molecule has 1 saturated heterocycles. The highest BCUT2D eigenvalue weighted by molar-refractivity contribution is 7.88. The van der Waals surface area contributed by atoms with Gasteiger partial charge in [-0.2, -0.15) is 4.31 Å². The van der Waals surface area contributed by atoms with Crippen LogP contribution in [-0.4, -0.2) is 37.5 Å². The van der Waals surface area contributed by atoms with Gasteiger partial charge in [-0.1, -0.05) is 12.1 Å². The van der Waals surface area contributed by atoms with E-state index in [1.165, 1.54) is 16.4 Å². The number of hydroxylamine groups is 1. The van der Waals surface area contributed by atoms with Crippen LogP contribution < -0.4 is 5.48 Å². The number of nitrogens with zero attached hydrogens (tertiary/aromatic N) is 1. The van der Waals surface area contributed by atoms with E-state index in [1.807, 2.05) is 0 Å². The molecule has 1 N–H and O–H groups in total. The zero-order chi connectivity index (χ0) is 15.5. The Bertz CT molecular complexity index is 603. The molecule has 0 spiro atoms. The molecule has 1 atom stereocenters. The molecule has 0 aliphatic carbocycles. The van der Waals surface area contributed by atoms with Crippen LogP contribution >= 0.6 is 0 Å². The van der Waals surface area contributed by atoms with Gasteiger partial charge >= 0.3 is 0 Å². The Morgan fingerprint density at radius 1 is 1.43 bits per heavy atom. The number of sulfonamides is 1. The molecule has 1 fully saturated rings. The van der Waals surface area contributed by atoms with Crippen molar-refractivity contribution in [2.45, 2.75) is 25.5 Å². The van der Waals surface area contributed by atoms with Crippen molar-refractivity contribution in [3.05, 3.63) is 35.6 Å². The predicted octanol–water partition coefficient (Wildman–Crippen LogP) is 0.797. The molecule has 1 aromatic rings. The maximum atomic E-state index is 12.7. The Kier molecular flexibility index (Phi) is 4.92. The third-order valence-corrected chi connectivity index (χ3v) is 4.55. The quantitative estimate of drug-likeness (QED) is 0.815. The molecule has 0 radical (unpaired) electrons. The van der Waals surface area contributed by atoms with Crippen molar-refractivity contribution >= 4 is 15.9 Å². The van der Waals surface area contributed by atoms with Crippen molar-refractivity contribution in [2.24, 2.45) is 0 Å². The van der Waals surface area contributed by atoms with Crippen molar-refractivity contribution < 1.29 is 22.4 Å². The lowest BCUT2D eigenvalue weighted by Gasteiger charge is -2.20. The highest BCUT2D eigenvalue weighted by Gasteiger charge is 2.36. The van der Waals surface area contributed by atoms with Gasteiger partial charge < -0.3 is 0 Å². The fraction of sp³-hybridized carbons (Fsp3) is 0.462. The van der Waals surface area contributed by atoms with E-state index in [0.29, 0.717) is 24.9 Å². The maximum Gasteiger partial charge on any atom is 0.261 e. The Balaban J connectivity index is 1.86. The van der Waals surface area contributed by atoms with Crippen LogP contribution in [0.5, 0.6) is 0 Å². The first-order valence-electron chi connectivity index (χ1n) is 6.51. The van der Waals surface area contributed by atoms with Crippen LogP contribution in [-0.2, 0) is 26.3 Å². The first kappa shape index (κ1) is 15.9. The maximum absolute atomic E-state index is 12.7. The van der Waals surface area contributed by atoms with Gasteiger partial charge in [0.2, 0.25) is 10.0 Å². The number of amides is 1. The number of carbonyl (C=O) groups is 1. The molecule has 2 rings (SSSR count). The Hall–Kier alpha value is -1.51. The third-order valence-electron chi connectivity index (χ3n) is 3.26. The van der Waals surface area contributed by atoms with Crippen LogP contribution in [0, 0.1) is 5.82 Å². The van der Waals surface area contributed by atoms with Gasteiger partial charge in [-0.15, -0.1) is 0 Å². The van der Waals surface area contributed by atoms with Crippen LogP contribution in [0.25, 0.3) is 0 Å². The van der Waals surface area contributed by atoms with E-state index >= 15 is 0 Å². The van der Waals surface area contributed by atoms with E-state index in [1.54, 1.807) is 12.1 Å². The van der Waals surface area contributed by atoms with Crippen LogP contribution in [0.3, 0.4) is 0 Å². The molecule has 0 saturated carbocycles. The molecule has 1 aliphatic rings. The topological polar surface area (TPSA) is 75.7 Å². The summed E-state index contributed by atoms with van der Waals surface area (Å²) in [5, 5.41) is 0. The summed E-state index contributed by atoms with van der Waals surface area (Å²) in [7, 11) is -3.40. The normalized spacial score (nSPS) is 19.6. The van der Waals surface area contributed by atoms with Gasteiger partial charge in [-0.25, -0.2) is 18.3 Å². The zero-order valence-corrected chi connectivity index (χ0v) is 12.4. The molecule has 116 valence electrons. The average molecular weight is 316 g/mol. The van der Waals surface area contributed by atoms with E-state index < -0.39 is 22.0 Å². The van der Waals surface area contributed by atoms with Crippen molar-refractivity contribution in [1.82, 2.24) is 9.79 Å². The first-order chi connectivity index (χ1) is 9.88. The zero-order valence-electron chi connectivity index (χ0n) is 11.6. The minimum atomic E-state index is -3.40. The van der Waals surface area contributed by atoms with E-state index in [0.717, 1.165) is 6.26 Å². The van der Waals surface area contributed by atoms with Crippen molar-refractivity contribution in [2.75, 3.05) is 12.8 Å². The molecular weight excluding hydrogens is 299 g/mol. The van der Waals surface area contributed by atoms with Crippen LogP contribution in [0.1, 0.15) is 18.4 Å². The van der Waals surface area contributed by atoms with Crippen molar-refractivity contribution in [3.63, 3.8) is 0 Å². The van der Waals surface area contributed by atoms with Gasteiger partial charge in [-0.05, 0) is 30.5 Å². The van der Waals surface area contributed by atoms with Gasteiger partial charge in [-0.3, -0.25) is 9.63 Å². The van der Waals surface area contributed by atoms with Crippen molar-refractivity contribution in [1.29, 1.82) is 0 Å². The molecule has 8 heteroatoms. The SMILES string of the molecule is CS(=O)(=O)N1CCCC1C(=O)NOCc1ccc(F)cc1. The van der Waals surface area contributed by atoms with Gasteiger partial charge in [0, 0.05) is 6.54 Å². The second-order valence-corrected chi connectivity index (χ2v) is 6.85. The minimum Gasteiger partial charge on any atom is -0.271 e. The number of hydrogen-bond donors (Lipinski definition) is 1. The highest BCUT2D eigenvalue weighted by atomic mass is 32.2. The summed E-state index contributed by atoms with van der Waals surface area (Å²) < 4.78 is 37.0. The average Bonchev–Trinajstić information content (AvgIpc) is 2.90. The summed E-state index contributed by atoms with van der Waals surface area (Å²) in [5.74, 6) is -0.836. The molecule has 6 nitrogen and oxygen atoms in total. The molecule has 1 aromatic carbocycles. The second-order valence-electron chi connectivity index (χ2n) is 4.91. The van der Waals surface area contributed by atoms with Crippen LogP contribution in [0.15, 0.2) is 24.3 Å². The summed E-state index contributed by atoms with van der Waals surface area (Å²) in [4.78, 5) is 17.0. The lowest BCUT2D eigenvalue weighted by atomic mass is 10.2. The number of benzene rings is 1. The summed E-state index contributed by atoms with van der Waals surface area (Å²) in [6, 6.07) is 4.94. The number of hydrogen-bond acceptors (Lipinski definition) is 4. The van der Waals surface area contributed by atoms with Gasteiger partial charge in [0.1, 0.15) is 11.9 Å². The summed E-state index contributed by atoms with van der Waals surface area (Å²) in [5.41, 5.74) is 2.95. The Morgan fingerprint density at radius 2 is 2.10 bits per heavy atom. The fourth-order valence-electron chi connectivity index (χ4n) is 2.24. The molecule has 1 aliphatic heterocycles. The molecule has 1 amide bonds. The van der Waals surface area contributed by atoms with E-state index in [2.05, 4.69) is 5.48 Å². The Labute approximate surface area is 122 Å². The molecule has 1 unspecified atom stereocenters. The molecule has 21 heavy (non-hydrogen) atoms. The lowest BCUT2D eigenvalue weighted by Crippen LogP contribution is -2.45. The Morgan fingerprint density at radius 3 is 2.71 bits per heavy atom. The third kappa shape index (κ3) is 4.23. The van der Waals surface area contributed by atoms with Gasteiger partial charge in [0.15, 0.2) is 0 Å². The van der Waals surface area contributed by atoms with Gasteiger partial charge in [0.05, 0.1) is 12.9 Å². The highest BCUT2D eigenvalue weighted by Crippen LogP contribution is 2.20. The number of rotatable bonds is 5. The van der Waals surface area contributed by atoms with E-state index in [4.69, 9.17) is 4.84 Å². The van der Waals surface area contributed by atoms with E-state index in [9.17, 15) is 17.6 Å². The number of halogens is 1. The summed E-state index contributed by atoms with van der Waals surface area (Å²) in [6.45, 7) is 0.423. The standard InChI is InChI=1S/C13H17FN2O4S/c1-21(18,19)16-8-2-3-12(16)13(17)15-20-9-10-4-6-11(14)7-5-10/h4-7,12H,2-3,8-9H2,1H3,(H,15,17). The van der Waals surface area contributed by atoms with Crippen LogP contribution in [0.4, 0.5) is 4.39 Å². The molecule has 0 aromatic heterocycles. The first-order valence-corrected chi connectivity index (χ1v) is 8.35. The summed E-state index contributed by atoms with van der Waals surface area (Å²) in [6.07, 6.45) is 2.19. The molecular formula is C13H17FN2O4S. The predicted molar refractivity (Wildman–Crippen MR) is 73.9 cm³/mol. The lowest BCUT2D eigenvalue weighted by molar-refractivity contribution is -0.137. The number of carbonyl (C=O) groups excluding carboxylic acids is 1. The number of nitrogens with one attached hydrogen (secondary N) is 1. The molecule has 1 heterocycles. The van der Waals surface area contributed by atoms with Crippen molar-refractivity contribution in [3.8, 4) is 0 Å². The smallest absolute Gasteiger partial charge is 0.261 e. The van der Waals surface area contributed by atoms with Crippen LogP contribution in [0.2, 0.25) is 0 Å². The van der Waals surface area contributed by atoms with E-state index in [-0.39, 0.29) is 12.4 Å². The van der Waals surface area contributed by atoms with Gasteiger partial charge in [0.25, 0.3) is 5.91 Å².